The van der Waals surface area contributed by atoms with Crippen LogP contribution in [0.3, 0.4) is 0 Å². The van der Waals surface area contributed by atoms with Crippen LogP contribution in [0, 0.1) is 0 Å². The number of ether oxygens (including phenoxy) is 2. The summed E-state index contributed by atoms with van der Waals surface area (Å²) in [4.78, 5) is 21.5. The predicted molar refractivity (Wildman–Crippen MR) is 55.7 cm³/mol. The Labute approximate surface area is 90.5 Å². The molecule has 0 bridgehead atoms. The second-order valence-corrected chi connectivity index (χ2v) is 5.29. The number of carbonyl (C=O) groups excluding carboxylic acids is 1. The molecule has 6 heteroatoms. The van der Waals surface area contributed by atoms with Crippen molar-refractivity contribution in [3.63, 3.8) is 0 Å². The van der Waals surface area contributed by atoms with Gasteiger partial charge in [0, 0.05) is 16.8 Å². The van der Waals surface area contributed by atoms with E-state index in [-0.39, 0.29) is 5.57 Å². The fourth-order valence-corrected chi connectivity index (χ4v) is 2.29. The predicted octanol–water partition coefficient (Wildman–Crippen LogP) is 0.0260. The molecule has 1 N–H and O–H groups in total. The number of esters is 1. The molecule has 0 spiro atoms. The Morgan fingerprint density at radius 1 is 1.47 bits per heavy atom. The van der Waals surface area contributed by atoms with E-state index in [2.05, 4.69) is 11.3 Å². The molecule has 1 unspecified atom stereocenters. The molecule has 0 aliphatic carbocycles. The highest BCUT2D eigenvalue weighted by atomic mass is 28.1. The van der Waals surface area contributed by atoms with E-state index >= 15 is 0 Å². The first kappa shape index (κ1) is 11.9. The molecule has 1 aliphatic heterocycles. The molecule has 0 aromatic carbocycles. The third kappa shape index (κ3) is 2.90. The summed E-state index contributed by atoms with van der Waals surface area (Å²) >= 11 is 0. The van der Waals surface area contributed by atoms with Gasteiger partial charge >= 0.3 is 12.1 Å². The Kier molecular flexibility index (Phi) is 3.65. The Hall–Kier alpha value is -1.14. The standard InChI is InChI=1S/C9H14O5Si/c1-6(7(10)14-8(11)12)9(15)4-2-3-5-13-9/h1-5H2,15H3,(H,11,12). The summed E-state index contributed by atoms with van der Waals surface area (Å²) in [5.41, 5.74) is 0.122. The number of carboxylic acid groups (broad SMARTS) is 1. The maximum atomic E-state index is 11.3. The van der Waals surface area contributed by atoms with Crippen molar-refractivity contribution < 1.29 is 24.2 Å². The zero-order valence-electron chi connectivity index (χ0n) is 8.62. The van der Waals surface area contributed by atoms with Crippen LogP contribution in [0.1, 0.15) is 19.3 Å². The van der Waals surface area contributed by atoms with Gasteiger partial charge in [-0.25, -0.2) is 9.59 Å². The van der Waals surface area contributed by atoms with E-state index in [1.165, 1.54) is 0 Å². The van der Waals surface area contributed by atoms with E-state index in [0.29, 0.717) is 23.3 Å². The van der Waals surface area contributed by atoms with Gasteiger partial charge in [-0.3, -0.25) is 0 Å². The van der Waals surface area contributed by atoms with Crippen molar-refractivity contribution in [2.75, 3.05) is 6.61 Å². The van der Waals surface area contributed by atoms with E-state index in [1.807, 2.05) is 0 Å². The molecule has 1 heterocycles. The maximum Gasteiger partial charge on any atom is 0.513 e. The molecule has 0 aromatic rings. The summed E-state index contributed by atoms with van der Waals surface area (Å²) in [7, 11) is 0.597. The van der Waals surface area contributed by atoms with Crippen LogP contribution >= 0.6 is 0 Å². The fourth-order valence-electron chi connectivity index (χ4n) is 1.53. The molecule has 1 saturated heterocycles. The molecule has 0 saturated carbocycles. The third-order valence-electron chi connectivity index (χ3n) is 2.53. The van der Waals surface area contributed by atoms with E-state index in [9.17, 15) is 9.59 Å². The first-order valence-electron chi connectivity index (χ1n) is 4.74. The van der Waals surface area contributed by atoms with Crippen LogP contribution in [-0.4, -0.2) is 39.3 Å². The highest BCUT2D eigenvalue weighted by Crippen LogP contribution is 2.28. The Bertz CT molecular complexity index is 293. The third-order valence-corrected chi connectivity index (χ3v) is 3.93. The van der Waals surface area contributed by atoms with Crippen LogP contribution in [0.15, 0.2) is 12.2 Å². The lowest BCUT2D eigenvalue weighted by molar-refractivity contribution is -0.137. The molecule has 84 valence electrons. The monoisotopic (exact) mass is 230 g/mol. The van der Waals surface area contributed by atoms with Crippen LogP contribution in [0.5, 0.6) is 0 Å². The smallest absolute Gasteiger partial charge is 0.449 e. The van der Waals surface area contributed by atoms with Gasteiger partial charge in [0.25, 0.3) is 0 Å². The van der Waals surface area contributed by atoms with Gasteiger partial charge in [0.2, 0.25) is 0 Å². The van der Waals surface area contributed by atoms with Crippen molar-refractivity contribution in [3.05, 3.63) is 12.2 Å². The molecule has 15 heavy (non-hydrogen) atoms. The zero-order chi connectivity index (χ0) is 11.5. The van der Waals surface area contributed by atoms with Crippen LogP contribution in [0.4, 0.5) is 4.79 Å². The van der Waals surface area contributed by atoms with Crippen molar-refractivity contribution in [1.29, 1.82) is 0 Å². The number of hydrogen-bond acceptors (Lipinski definition) is 4. The van der Waals surface area contributed by atoms with Gasteiger partial charge in [0.1, 0.15) is 0 Å². The molecule has 0 aromatic heterocycles. The van der Waals surface area contributed by atoms with Crippen LogP contribution in [0.25, 0.3) is 0 Å². The Balaban J connectivity index is 2.65. The number of hydrogen-bond donors (Lipinski definition) is 1. The van der Waals surface area contributed by atoms with Gasteiger partial charge in [0.05, 0.1) is 10.8 Å². The minimum absolute atomic E-state index is 0.122. The van der Waals surface area contributed by atoms with Crippen molar-refractivity contribution in [2.24, 2.45) is 0 Å². The molecular weight excluding hydrogens is 216 g/mol. The first-order chi connectivity index (χ1) is 6.96. The van der Waals surface area contributed by atoms with Gasteiger partial charge in [-0.1, -0.05) is 6.58 Å². The SMILES string of the molecule is C=C(C(=O)OC(=O)O)C1([SiH3])CCCCO1. The van der Waals surface area contributed by atoms with Crippen LogP contribution in [0.2, 0.25) is 0 Å². The van der Waals surface area contributed by atoms with Crippen LogP contribution in [-0.2, 0) is 14.3 Å². The molecule has 0 radical (unpaired) electrons. The minimum Gasteiger partial charge on any atom is -0.449 e. The van der Waals surface area contributed by atoms with Crippen molar-refractivity contribution in [1.82, 2.24) is 0 Å². The largest absolute Gasteiger partial charge is 0.513 e. The fraction of sp³-hybridized carbons (Fsp3) is 0.556. The normalized spacial score (nSPS) is 25.9. The zero-order valence-corrected chi connectivity index (χ0v) is 10.6. The molecule has 0 amide bonds. The molecule has 1 rings (SSSR count). The second-order valence-electron chi connectivity index (χ2n) is 3.67. The highest BCUT2D eigenvalue weighted by Gasteiger charge is 2.36. The molecule has 5 nitrogen and oxygen atoms in total. The number of rotatable bonds is 2. The molecular formula is C9H14O5Si. The van der Waals surface area contributed by atoms with Crippen molar-refractivity contribution in [3.8, 4) is 0 Å². The van der Waals surface area contributed by atoms with Crippen molar-refractivity contribution in [2.45, 2.75) is 24.5 Å². The quantitative estimate of drug-likeness (QED) is 0.313. The molecule has 1 aliphatic rings. The van der Waals surface area contributed by atoms with Crippen LogP contribution < -0.4 is 0 Å². The summed E-state index contributed by atoms with van der Waals surface area (Å²) in [5.74, 6) is -0.903. The van der Waals surface area contributed by atoms with E-state index in [0.717, 1.165) is 12.8 Å². The summed E-state index contributed by atoms with van der Waals surface area (Å²) in [5, 5.41) is 7.65. The van der Waals surface area contributed by atoms with E-state index < -0.39 is 17.3 Å². The van der Waals surface area contributed by atoms with Crippen molar-refractivity contribution >= 4 is 22.4 Å². The first-order valence-corrected chi connectivity index (χ1v) is 5.74. The Morgan fingerprint density at radius 2 is 2.13 bits per heavy atom. The van der Waals surface area contributed by atoms with Gasteiger partial charge < -0.3 is 14.6 Å². The van der Waals surface area contributed by atoms with E-state index in [4.69, 9.17) is 9.84 Å². The second kappa shape index (κ2) is 4.58. The maximum absolute atomic E-state index is 11.3. The highest BCUT2D eigenvalue weighted by molar-refractivity contribution is 6.21. The molecule has 1 fully saturated rings. The van der Waals surface area contributed by atoms with Gasteiger partial charge in [-0.05, 0) is 19.3 Å². The van der Waals surface area contributed by atoms with E-state index in [1.54, 1.807) is 0 Å². The van der Waals surface area contributed by atoms with Gasteiger partial charge in [-0.2, -0.15) is 0 Å². The van der Waals surface area contributed by atoms with Gasteiger partial charge in [-0.15, -0.1) is 0 Å². The average molecular weight is 230 g/mol. The average Bonchev–Trinajstić information content (AvgIpc) is 2.16. The number of carbonyl (C=O) groups is 2. The summed E-state index contributed by atoms with van der Waals surface area (Å²) in [6.45, 7) is 4.16. The topological polar surface area (TPSA) is 72.8 Å². The molecule has 1 atom stereocenters. The lowest BCUT2D eigenvalue weighted by Crippen LogP contribution is -2.41. The minimum atomic E-state index is -1.61. The Morgan fingerprint density at radius 3 is 2.60 bits per heavy atom. The summed E-state index contributed by atoms with van der Waals surface area (Å²) < 4.78 is 9.55. The summed E-state index contributed by atoms with van der Waals surface area (Å²) in [6.07, 6.45) is 1.03. The lowest BCUT2D eigenvalue weighted by Gasteiger charge is -2.34. The van der Waals surface area contributed by atoms with Gasteiger partial charge in [0.15, 0.2) is 0 Å². The summed E-state index contributed by atoms with van der Waals surface area (Å²) in [6, 6.07) is 0. The lowest BCUT2D eigenvalue weighted by atomic mass is 10.0.